The zero-order valence-corrected chi connectivity index (χ0v) is 24.0. The number of carbonyl (C=O) groups is 1. The maximum absolute atomic E-state index is 14.2. The fourth-order valence-electron chi connectivity index (χ4n) is 5.12. The lowest BCUT2D eigenvalue weighted by Gasteiger charge is -2.28. The fraction of sp³-hybridized carbons (Fsp3) is 0.242. The number of aromatic nitrogens is 1. The van der Waals surface area contributed by atoms with Gasteiger partial charge in [0.15, 0.2) is 4.80 Å². The molecule has 0 N–H and O–H groups in total. The van der Waals surface area contributed by atoms with E-state index in [2.05, 4.69) is 5.92 Å². The van der Waals surface area contributed by atoms with E-state index in [1.54, 1.807) is 24.7 Å². The quantitative estimate of drug-likeness (QED) is 0.216. The zero-order chi connectivity index (χ0) is 28.9. The van der Waals surface area contributed by atoms with E-state index in [9.17, 15) is 9.59 Å². The van der Waals surface area contributed by atoms with Gasteiger partial charge in [0.05, 0.1) is 29.5 Å². The molecule has 1 aliphatic heterocycles. The van der Waals surface area contributed by atoms with Gasteiger partial charge in [-0.05, 0) is 42.3 Å². The largest absolute Gasteiger partial charge is 0.496 e. The number of terminal acetylenes is 1. The molecule has 0 fully saturated rings. The molecule has 1 atom stereocenters. The van der Waals surface area contributed by atoms with Crippen LogP contribution in [0.2, 0.25) is 0 Å². The standard InChI is InChI=1S/C33H30N2O5S/c1-5-12-24-29(32(37)39-7-3)30(28-23-15-10-8-13-21(23)17-18-26(28)38-4)35-31(36)27(41-33(35)34-24)20-22-14-9-11-16-25(22)40-19-6-2/h2,8-11,13-18,20,30H,5,7,12,19H2,1,3-4H3/b27-20-/t30-/m1/s1. The second-order valence-electron chi connectivity index (χ2n) is 9.35. The molecule has 5 rings (SSSR count). The Bertz CT molecular complexity index is 1880. The number of hydrogen-bond acceptors (Lipinski definition) is 7. The summed E-state index contributed by atoms with van der Waals surface area (Å²) < 4.78 is 19.2. The number of allylic oxidation sites excluding steroid dienone is 1. The summed E-state index contributed by atoms with van der Waals surface area (Å²) in [5, 5.41) is 1.83. The Kier molecular flexibility index (Phi) is 8.37. The van der Waals surface area contributed by atoms with E-state index in [0.717, 1.165) is 17.2 Å². The van der Waals surface area contributed by atoms with Gasteiger partial charge < -0.3 is 14.2 Å². The Balaban J connectivity index is 1.85. The first-order valence-corrected chi connectivity index (χ1v) is 14.3. The second kappa shape index (κ2) is 12.3. The van der Waals surface area contributed by atoms with Gasteiger partial charge in [-0.25, -0.2) is 9.79 Å². The Morgan fingerprint density at radius 3 is 2.63 bits per heavy atom. The average Bonchev–Trinajstić information content (AvgIpc) is 3.29. The van der Waals surface area contributed by atoms with Gasteiger partial charge in [0.2, 0.25) is 0 Å². The van der Waals surface area contributed by atoms with Crippen LogP contribution in [0.5, 0.6) is 11.5 Å². The molecule has 0 saturated carbocycles. The smallest absolute Gasteiger partial charge is 0.338 e. The first-order valence-electron chi connectivity index (χ1n) is 13.4. The number of fused-ring (bicyclic) bond motifs is 2. The summed E-state index contributed by atoms with van der Waals surface area (Å²) in [6.45, 7) is 4.10. The topological polar surface area (TPSA) is 79.1 Å². The van der Waals surface area contributed by atoms with Crippen molar-refractivity contribution in [3.8, 4) is 23.8 Å². The summed E-state index contributed by atoms with van der Waals surface area (Å²) in [5.41, 5.74) is 2.10. The number of thiazole rings is 1. The van der Waals surface area contributed by atoms with Crippen molar-refractivity contribution in [3.63, 3.8) is 0 Å². The number of nitrogens with zero attached hydrogens (tertiary/aromatic N) is 2. The van der Waals surface area contributed by atoms with Crippen LogP contribution in [0.4, 0.5) is 0 Å². The molecule has 8 heteroatoms. The Morgan fingerprint density at radius 1 is 1.10 bits per heavy atom. The van der Waals surface area contributed by atoms with E-state index < -0.39 is 12.0 Å². The molecule has 208 valence electrons. The Hall–Kier alpha value is -4.61. The van der Waals surface area contributed by atoms with Crippen LogP contribution in [0.1, 0.15) is 43.9 Å². The minimum atomic E-state index is -0.803. The molecular weight excluding hydrogens is 536 g/mol. The molecule has 41 heavy (non-hydrogen) atoms. The van der Waals surface area contributed by atoms with Crippen molar-refractivity contribution in [3.05, 3.63) is 103 Å². The number of ether oxygens (including phenoxy) is 3. The first kappa shape index (κ1) is 27.9. The molecule has 0 amide bonds. The van der Waals surface area contributed by atoms with Gasteiger partial charge in [0, 0.05) is 11.1 Å². The van der Waals surface area contributed by atoms with Crippen LogP contribution in [-0.2, 0) is 9.53 Å². The summed E-state index contributed by atoms with van der Waals surface area (Å²) in [6, 6.07) is 18.3. The lowest BCUT2D eigenvalue weighted by molar-refractivity contribution is -0.139. The number of rotatable bonds is 9. The Labute approximate surface area is 242 Å². The summed E-state index contributed by atoms with van der Waals surface area (Å²) in [6.07, 6.45) is 8.48. The highest BCUT2D eigenvalue weighted by atomic mass is 32.1. The minimum absolute atomic E-state index is 0.107. The van der Waals surface area contributed by atoms with Crippen LogP contribution >= 0.6 is 11.3 Å². The third-order valence-corrected chi connectivity index (χ3v) is 7.82. The van der Waals surface area contributed by atoms with Crippen molar-refractivity contribution in [1.82, 2.24) is 4.57 Å². The summed E-state index contributed by atoms with van der Waals surface area (Å²) >= 11 is 1.27. The highest BCUT2D eigenvalue weighted by Gasteiger charge is 2.37. The Morgan fingerprint density at radius 2 is 1.88 bits per heavy atom. The van der Waals surface area contributed by atoms with Crippen LogP contribution in [0.3, 0.4) is 0 Å². The third-order valence-electron chi connectivity index (χ3n) is 6.83. The van der Waals surface area contributed by atoms with E-state index >= 15 is 0 Å². The van der Waals surface area contributed by atoms with Gasteiger partial charge >= 0.3 is 5.97 Å². The molecule has 0 unspecified atom stereocenters. The van der Waals surface area contributed by atoms with Gasteiger partial charge in [0.25, 0.3) is 5.56 Å². The van der Waals surface area contributed by atoms with Crippen molar-refractivity contribution in [2.24, 2.45) is 4.99 Å². The lowest BCUT2D eigenvalue weighted by Crippen LogP contribution is -2.40. The van der Waals surface area contributed by atoms with Gasteiger partial charge in [0.1, 0.15) is 24.1 Å². The van der Waals surface area contributed by atoms with Crippen LogP contribution in [0.15, 0.2) is 81.7 Å². The monoisotopic (exact) mass is 566 g/mol. The van der Waals surface area contributed by atoms with E-state index in [-0.39, 0.29) is 18.8 Å². The van der Waals surface area contributed by atoms with Crippen molar-refractivity contribution in [1.29, 1.82) is 0 Å². The number of hydrogen-bond donors (Lipinski definition) is 0. The highest BCUT2D eigenvalue weighted by molar-refractivity contribution is 7.07. The van der Waals surface area contributed by atoms with Crippen molar-refractivity contribution in [2.45, 2.75) is 32.7 Å². The fourth-order valence-corrected chi connectivity index (χ4v) is 6.13. The molecule has 1 aromatic heterocycles. The molecule has 3 aromatic carbocycles. The SMILES string of the molecule is C#CCOc1ccccc1/C=c1\sc2n(c1=O)[C@H](c1c(OC)ccc3ccccc13)C(C(=O)OCC)=C(CCC)N=2. The van der Waals surface area contributed by atoms with Crippen LogP contribution in [-0.4, -0.2) is 30.9 Å². The molecule has 0 bridgehead atoms. The van der Waals surface area contributed by atoms with E-state index in [4.69, 9.17) is 25.6 Å². The zero-order valence-electron chi connectivity index (χ0n) is 23.2. The normalized spacial score (nSPS) is 14.8. The van der Waals surface area contributed by atoms with Crippen LogP contribution in [0.25, 0.3) is 16.8 Å². The number of esters is 1. The number of carbonyl (C=O) groups excluding carboxylic acids is 1. The summed E-state index contributed by atoms with van der Waals surface area (Å²) in [4.78, 5) is 33.2. The maximum Gasteiger partial charge on any atom is 0.338 e. The van der Waals surface area contributed by atoms with Crippen LogP contribution in [0, 0.1) is 12.3 Å². The summed E-state index contributed by atoms with van der Waals surface area (Å²) in [5.74, 6) is 3.11. The molecule has 7 nitrogen and oxygen atoms in total. The molecule has 0 spiro atoms. The molecule has 1 aliphatic rings. The predicted octanol–water partition coefficient (Wildman–Crippen LogP) is 4.75. The molecule has 4 aromatic rings. The minimum Gasteiger partial charge on any atom is -0.496 e. The van der Waals surface area contributed by atoms with E-state index in [1.807, 2.05) is 67.6 Å². The number of para-hydroxylation sites is 1. The van der Waals surface area contributed by atoms with Gasteiger partial charge in [-0.3, -0.25) is 9.36 Å². The van der Waals surface area contributed by atoms with Crippen molar-refractivity contribution >= 4 is 34.2 Å². The molecule has 2 heterocycles. The maximum atomic E-state index is 14.2. The molecule has 0 radical (unpaired) electrons. The van der Waals surface area contributed by atoms with E-state index in [0.29, 0.717) is 49.7 Å². The highest BCUT2D eigenvalue weighted by Crippen LogP contribution is 2.41. The van der Waals surface area contributed by atoms with Crippen molar-refractivity contribution in [2.75, 3.05) is 20.3 Å². The molecule has 0 aliphatic carbocycles. The first-order chi connectivity index (χ1) is 20.0. The number of benzene rings is 3. The molecule has 0 saturated heterocycles. The van der Waals surface area contributed by atoms with Gasteiger partial charge in [-0.15, -0.1) is 6.42 Å². The van der Waals surface area contributed by atoms with Gasteiger partial charge in [-0.1, -0.05) is 79.1 Å². The second-order valence-corrected chi connectivity index (χ2v) is 10.4. The number of methoxy groups -OCH3 is 1. The lowest BCUT2D eigenvalue weighted by atomic mass is 9.90. The summed E-state index contributed by atoms with van der Waals surface area (Å²) in [7, 11) is 1.59. The molecular formula is C33H30N2O5S. The predicted molar refractivity (Wildman–Crippen MR) is 161 cm³/mol. The van der Waals surface area contributed by atoms with Crippen LogP contribution < -0.4 is 24.4 Å². The van der Waals surface area contributed by atoms with Crippen molar-refractivity contribution < 1.29 is 19.0 Å². The third kappa shape index (κ3) is 5.29. The average molecular weight is 567 g/mol. The van der Waals surface area contributed by atoms with Gasteiger partial charge in [-0.2, -0.15) is 0 Å². The van der Waals surface area contributed by atoms with E-state index in [1.165, 1.54) is 11.3 Å².